The Morgan fingerprint density at radius 3 is 1.91 bits per heavy atom. The summed E-state index contributed by atoms with van der Waals surface area (Å²) in [4.78, 5) is 8.79. The summed E-state index contributed by atoms with van der Waals surface area (Å²) >= 11 is 0. The lowest BCUT2D eigenvalue weighted by atomic mass is 10.0. The number of hydrogen-bond donors (Lipinski definition) is 0. The van der Waals surface area contributed by atoms with Crippen molar-refractivity contribution in [1.82, 2.24) is 9.97 Å². The van der Waals surface area contributed by atoms with E-state index in [1.54, 1.807) is 6.33 Å². The Morgan fingerprint density at radius 2 is 1.13 bits per heavy atom. The van der Waals surface area contributed by atoms with Crippen LogP contribution in [0.5, 0.6) is 0 Å². The molecule has 0 aliphatic heterocycles. The van der Waals surface area contributed by atoms with E-state index in [0.717, 1.165) is 22.2 Å². The molecule has 23 heavy (non-hydrogen) atoms. The van der Waals surface area contributed by atoms with Crippen LogP contribution in [0, 0.1) is 0 Å². The first-order chi connectivity index (χ1) is 10.9. The second-order valence-electron chi connectivity index (χ2n) is 5.18. The van der Waals surface area contributed by atoms with E-state index in [1.165, 1.54) is 11.1 Å². The van der Waals surface area contributed by atoms with Gasteiger partial charge >= 0.3 is 0 Å². The number of para-hydroxylation sites is 1. The van der Waals surface area contributed by atoms with Gasteiger partial charge in [-0.25, -0.2) is 9.97 Å². The van der Waals surface area contributed by atoms with Crippen LogP contribution in [-0.4, -0.2) is 9.97 Å². The highest BCUT2D eigenvalue weighted by Gasteiger charge is 2.06. The molecule has 0 unspecified atom stereocenters. The third kappa shape index (κ3) is 2.84. The molecule has 2 heteroatoms. The van der Waals surface area contributed by atoms with Gasteiger partial charge in [-0.05, 0) is 17.2 Å². The molecule has 0 aliphatic carbocycles. The Labute approximate surface area is 136 Å². The molecular formula is C21H18N2. The summed E-state index contributed by atoms with van der Waals surface area (Å²) in [5.41, 5.74) is 5.49. The Bertz CT molecular complexity index is 908. The van der Waals surface area contributed by atoms with Crippen molar-refractivity contribution in [3.05, 3.63) is 85.2 Å². The van der Waals surface area contributed by atoms with Crippen LogP contribution in [0.2, 0.25) is 0 Å². The average molecular weight is 298 g/mol. The maximum atomic E-state index is 4.47. The highest BCUT2D eigenvalue weighted by molar-refractivity contribution is 5.92. The van der Waals surface area contributed by atoms with Crippen LogP contribution in [0.25, 0.3) is 33.3 Å². The first-order valence-corrected chi connectivity index (χ1v) is 7.27. The fraction of sp³-hybridized carbons (Fsp3) is 0.0476. The number of rotatable bonds is 2. The van der Waals surface area contributed by atoms with E-state index >= 15 is 0 Å². The molecule has 0 spiro atoms. The van der Waals surface area contributed by atoms with Gasteiger partial charge in [0.15, 0.2) is 0 Å². The fourth-order valence-corrected chi connectivity index (χ4v) is 2.69. The minimum Gasteiger partial charge on any atom is -0.236 e. The van der Waals surface area contributed by atoms with E-state index in [9.17, 15) is 0 Å². The minimum absolute atomic E-state index is 0. The van der Waals surface area contributed by atoms with Gasteiger partial charge in [-0.1, -0.05) is 80.2 Å². The van der Waals surface area contributed by atoms with Crippen LogP contribution in [0.1, 0.15) is 7.43 Å². The van der Waals surface area contributed by atoms with Crippen molar-refractivity contribution in [3.8, 4) is 22.4 Å². The van der Waals surface area contributed by atoms with Crippen molar-refractivity contribution < 1.29 is 0 Å². The molecule has 0 aliphatic rings. The number of nitrogens with zero attached hydrogens (tertiary/aromatic N) is 2. The van der Waals surface area contributed by atoms with Crippen LogP contribution < -0.4 is 0 Å². The molecule has 1 aromatic heterocycles. The van der Waals surface area contributed by atoms with E-state index in [2.05, 4.69) is 64.6 Å². The maximum absolute atomic E-state index is 4.47. The molecule has 0 fully saturated rings. The van der Waals surface area contributed by atoms with Gasteiger partial charge in [0.2, 0.25) is 0 Å². The van der Waals surface area contributed by atoms with Crippen LogP contribution >= 0.6 is 0 Å². The second kappa shape index (κ2) is 6.41. The van der Waals surface area contributed by atoms with Crippen molar-refractivity contribution in [2.24, 2.45) is 0 Å². The molecular weight excluding hydrogens is 280 g/mol. The zero-order valence-electron chi connectivity index (χ0n) is 12.0. The first-order valence-electron chi connectivity index (χ1n) is 7.27. The quantitative estimate of drug-likeness (QED) is 0.481. The summed E-state index contributed by atoms with van der Waals surface area (Å²) in [6.07, 6.45) is 1.63. The summed E-state index contributed by atoms with van der Waals surface area (Å²) in [7, 11) is 0. The normalized spacial score (nSPS) is 10.3. The molecule has 1 heterocycles. The van der Waals surface area contributed by atoms with Crippen molar-refractivity contribution in [2.75, 3.05) is 0 Å². The summed E-state index contributed by atoms with van der Waals surface area (Å²) < 4.78 is 0. The van der Waals surface area contributed by atoms with Gasteiger partial charge < -0.3 is 0 Å². The zero-order valence-corrected chi connectivity index (χ0v) is 12.0. The summed E-state index contributed by atoms with van der Waals surface area (Å²) in [6, 6.07) is 27.0. The molecule has 4 rings (SSSR count). The Hall–Kier alpha value is -3.00. The molecule has 0 bridgehead atoms. The van der Waals surface area contributed by atoms with Gasteiger partial charge in [0.1, 0.15) is 6.33 Å². The first kappa shape index (κ1) is 14.9. The monoisotopic (exact) mass is 298 g/mol. The fourth-order valence-electron chi connectivity index (χ4n) is 2.69. The Morgan fingerprint density at radius 1 is 0.522 bits per heavy atom. The lowest BCUT2D eigenvalue weighted by molar-refractivity contribution is 1.22. The second-order valence-corrected chi connectivity index (χ2v) is 5.18. The van der Waals surface area contributed by atoms with Crippen molar-refractivity contribution in [1.29, 1.82) is 0 Å². The zero-order chi connectivity index (χ0) is 14.8. The topological polar surface area (TPSA) is 25.8 Å². The molecule has 0 N–H and O–H groups in total. The highest BCUT2D eigenvalue weighted by atomic mass is 14.8. The molecule has 0 radical (unpaired) electrons. The molecule has 0 atom stereocenters. The third-order valence-electron chi connectivity index (χ3n) is 3.81. The lowest BCUT2D eigenvalue weighted by Gasteiger charge is -2.07. The predicted molar refractivity (Wildman–Crippen MR) is 97.1 cm³/mol. The van der Waals surface area contributed by atoms with Crippen LogP contribution in [-0.2, 0) is 0 Å². The number of fused-ring (bicyclic) bond motifs is 1. The maximum Gasteiger partial charge on any atom is 0.116 e. The standard InChI is InChI=1S/C20H14N2.CH4/c1-2-6-15(7-3-1)16-10-12-17(13-11-16)20-18-8-4-5-9-19(18)21-14-22-20;/h1-14H;1H4. The Balaban J connectivity index is 0.00000156. The van der Waals surface area contributed by atoms with Crippen molar-refractivity contribution in [3.63, 3.8) is 0 Å². The number of aromatic nitrogens is 2. The van der Waals surface area contributed by atoms with Crippen LogP contribution in [0.4, 0.5) is 0 Å². The minimum atomic E-state index is 0. The van der Waals surface area contributed by atoms with E-state index in [4.69, 9.17) is 0 Å². The summed E-state index contributed by atoms with van der Waals surface area (Å²) in [5.74, 6) is 0. The summed E-state index contributed by atoms with van der Waals surface area (Å²) in [6.45, 7) is 0. The number of benzene rings is 3. The molecule has 2 nitrogen and oxygen atoms in total. The van der Waals surface area contributed by atoms with Gasteiger partial charge in [-0.3, -0.25) is 0 Å². The molecule has 0 saturated carbocycles. The largest absolute Gasteiger partial charge is 0.236 e. The van der Waals surface area contributed by atoms with Crippen molar-refractivity contribution >= 4 is 10.9 Å². The molecule has 3 aromatic carbocycles. The lowest BCUT2D eigenvalue weighted by Crippen LogP contribution is -1.88. The van der Waals surface area contributed by atoms with Gasteiger partial charge in [-0.2, -0.15) is 0 Å². The molecule has 112 valence electrons. The van der Waals surface area contributed by atoms with Crippen LogP contribution in [0.15, 0.2) is 85.2 Å². The van der Waals surface area contributed by atoms with Gasteiger partial charge in [0, 0.05) is 10.9 Å². The average Bonchev–Trinajstić information content (AvgIpc) is 2.62. The van der Waals surface area contributed by atoms with Gasteiger partial charge in [0.25, 0.3) is 0 Å². The highest BCUT2D eigenvalue weighted by Crippen LogP contribution is 2.27. The third-order valence-corrected chi connectivity index (χ3v) is 3.81. The van der Waals surface area contributed by atoms with Crippen molar-refractivity contribution in [2.45, 2.75) is 7.43 Å². The van der Waals surface area contributed by atoms with E-state index < -0.39 is 0 Å². The van der Waals surface area contributed by atoms with E-state index in [0.29, 0.717) is 0 Å². The predicted octanol–water partition coefficient (Wildman–Crippen LogP) is 5.60. The van der Waals surface area contributed by atoms with E-state index in [-0.39, 0.29) is 7.43 Å². The SMILES string of the molecule is C.c1ccc(-c2ccc(-c3ncnc4ccccc34)cc2)cc1. The van der Waals surface area contributed by atoms with E-state index in [1.807, 2.05) is 24.3 Å². The smallest absolute Gasteiger partial charge is 0.116 e. The molecule has 0 saturated heterocycles. The summed E-state index contributed by atoms with van der Waals surface area (Å²) in [5, 5.41) is 1.08. The van der Waals surface area contributed by atoms with Gasteiger partial charge in [-0.15, -0.1) is 0 Å². The van der Waals surface area contributed by atoms with Crippen LogP contribution in [0.3, 0.4) is 0 Å². The number of hydrogen-bond acceptors (Lipinski definition) is 2. The molecule has 0 amide bonds. The van der Waals surface area contributed by atoms with Gasteiger partial charge in [0.05, 0.1) is 11.2 Å². The Kier molecular flexibility index (Phi) is 4.15. The molecule has 4 aromatic rings.